The molecule has 0 saturated heterocycles. The zero-order valence-corrected chi connectivity index (χ0v) is 18.3. The van der Waals surface area contributed by atoms with Crippen LogP contribution in [0.4, 0.5) is 0 Å². The van der Waals surface area contributed by atoms with Crippen LogP contribution in [0.1, 0.15) is 38.7 Å². The largest absolute Gasteiger partial charge is 0.379 e. The maximum atomic E-state index is 11.5. The van der Waals surface area contributed by atoms with Crippen LogP contribution in [0.3, 0.4) is 0 Å². The van der Waals surface area contributed by atoms with Crippen LogP contribution in [0.2, 0.25) is 0 Å². The van der Waals surface area contributed by atoms with E-state index in [1.165, 1.54) is 11.8 Å². The Morgan fingerprint density at radius 1 is 1.22 bits per heavy atom. The quantitative estimate of drug-likeness (QED) is 0.456. The third-order valence-electron chi connectivity index (χ3n) is 3.59. The molecule has 0 fully saturated rings. The van der Waals surface area contributed by atoms with Crippen molar-refractivity contribution in [2.45, 2.75) is 38.0 Å². The molecule has 3 nitrogen and oxygen atoms in total. The molecule has 0 atom stereocenters. The Bertz CT molecular complexity index is 742. The first kappa shape index (κ1) is 25.4. The highest BCUT2D eigenvalue weighted by atomic mass is 35.5. The SMILES string of the molecule is C/C=C(/Cl)COC.C=C/C=C/C=C(/CCCC)c1ccc(S(C)(=O)=O)cc1. The molecule has 0 unspecified atom stereocenters. The van der Waals surface area contributed by atoms with Gasteiger partial charge in [0.05, 0.1) is 11.5 Å². The molecule has 0 N–H and O–H groups in total. The second-order valence-corrected chi connectivity index (χ2v) is 8.38. The second-order valence-electron chi connectivity index (χ2n) is 5.88. The van der Waals surface area contributed by atoms with E-state index < -0.39 is 9.84 Å². The monoisotopic (exact) mass is 410 g/mol. The molecular formula is C22H31ClO3S. The van der Waals surface area contributed by atoms with Crippen LogP contribution in [-0.4, -0.2) is 28.4 Å². The van der Waals surface area contributed by atoms with Crippen molar-refractivity contribution in [1.82, 2.24) is 0 Å². The van der Waals surface area contributed by atoms with Gasteiger partial charge >= 0.3 is 0 Å². The Kier molecular flexibility index (Phi) is 13.6. The number of halogens is 1. The summed E-state index contributed by atoms with van der Waals surface area (Å²) in [5.41, 5.74) is 2.28. The number of hydrogen-bond donors (Lipinski definition) is 0. The molecule has 0 amide bonds. The maximum absolute atomic E-state index is 11.5. The van der Waals surface area contributed by atoms with Crippen molar-refractivity contribution >= 4 is 27.0 Å². The minimum absolute atomic E-state index is 0.359. The van der Waals surface area contributed by atoms with Crippen molar-refractivity contribution in [3.8, 4) is 0 Å². The van der Waals surface area contributed by atoms with E-state index >= 15 is 0 Å². The van der Waals surface area contributed by atoms with E-state index in [-0.39, 0.29) is 0 Å². The van der Waals surface area contributed by atoms with Crippen molar-refractivity contribution in [2.75, 3.05) is 20.0 Å². The molecule has 0 saturated carbocycles. The van der Waals surface area contributed by atoms with Crippen molar-refractivity contribution in [1.29, 1.82) is 0 Å². The standard InChI is InChI=1S/C17H22O2S.C5H9ClO/c1-4-6-8-10-15(9-7-5-2)16-11-13-17(14-12-16)20(3,18)19;1-3-5(6)4-7-2/h4,6,8,10-14H,1,5,7,9H2,2-3H3;3H,4H2,1-2H3/b8-6+,15-10-;5-3+. The summed E-state index contributed by atoms with van der Waals surface area (Å²) in [5.74, 6) is 0. The molecule has 1 aromatic rings. The zero-order chi connectivity index (χ0) is 20.7. The summed E-state index contributed by atoms with van der Waals surface area (Å²) in [7, 11) is -1.51. The predicted octanol–water partition coefficient (Wildman–Crippen LogP) is 6.18. The van der Waals surface area contributed by atoms with E-state index in [9.17, 15) is 8.42 Å². The minimum Gasteiger partial charge on any atom is -0.379 e. The lowest BCUT2D eigenvalue weighted by Crippen LogP contribution is -1.97. The molecule has 0 radical (unpaired) electrons. The molecule has 0 aliphatic carbocycles. The van der Waals surface area contributed by atoms with Crippen molar-refractivity contribution in [3.05, 3.63) is 71.8 Å². The summed E-state index contributed by atoms with van der Waals surface area (Å²) >= 11 is 5.50. The van der Waals surface area contributed by atoms with Gasteiger partial charge in [-0.3, -0.25) is 0 Å². The number of hydrogen-bond acceptors (Lipinski definition) is 3. The van der Waals surface area contributed by atoms with Gasteiger partial charge in [0, 0.05) is 18.4 Å². The molecule has 150 valence electrons. The van der Waals surface area contributed by atoms with Crippen LogP contribution in [0.15, 0.2) is 71.2 Å². The van der Waals surface area contributed by atoms with E-state index in [0.717, 1.165) is 29.9 Å². The smallest absolute Gasteiger partial charge is 0.175 e. The Hall–Kier alpha value is -1.62. The van der Waals surface area contributed by atoms with Crippen molar-refractivity contribution < 1.29 is 13.2 Å². The highest BCUT2D eigenvalue weighted by Crippen LogP contribution is 2.22. The fraction of sp³-hybridized carbons (Fsp3) is 0.364. The zero-order valence-electron chi connectivity index (χ0n) is 16.7. The van der Waals surface area contributed by atoms with E-state index in [0.29, 0.717) is 11.5 Å². The Morgan fingerprint density at radius 3 is 2.26 bits per heavy atom. The van der Waals surface area contributed by atoms with Gasteiger partial charge in [-0.1, -0.05) is 74.0 Å². The van der Waals surface area contributed by atoms with Crippen molar-refractivity contribution in [2.24, 2.45) is 0 Å². The van der Waals surface area contributed by atoms with Crippen LogP contribution in [0, 0.1) is 0 Å². The van der Waals surface area contributed by atoms with Crippen molar-refractivity contribution in [3.63, 3.8) is 0 Å². The third-order valence-corrected chi connectivity index (χ3v) is 5.05. The molecule has 0 heterocycles. The topological polar surface area (TPSA) is 43.4 Å². The number of sulfone groups is 1. The third kappa shape index (κ3) is 11.6. The molecule has 0 bridgehead atoms. The fourth-order valence-corrected chi connectivity index (χ4v) is 2.82. The molecule has 0 spiro atoms. The van der Waals surface area contributed by atoms with Crippen LogP contribution in [0.5, 0.6) is 0 Å². The van der Waals surface area contributed by atoms with E-state index in [1.807, 2.05) is 37.3 Å². The Morgan fingerprint density at radius 2 is 1.85 bits per heavy atom. The summed E-state index contributed by atoms with van der Waals surface area (Å²) in [6.07, 6.45) is 13.9. The van der Waals surface area contributed by atoms with Gasteiger partial charge in [-0.25, -0.2) is 8.42 Å². The minimum atomic E-state index is -3.13. The highest BCUT2D eigenvalue weighted by molar-refractivity contribution is 7.90. The lowest BCUT2D eigenvalue weighted by molar-refractivity contribution is 0.231. The van der Waals surface area contributed by atoms with Gasteiger partial charge in [-0.05, 0) is 43.0 Å². The lowest BCUT2D eigenvalue weighted by atomic mass is 10.00. The van der Waals surface area contributed by atoms with Crippen LogP contribution >= 0.6 is 11.6 Å². The molecule has 5 heteroatoms. The number of unbranched alkanes of at least 4 members (excludes halogenated alkanes) is 1. The van der Waals surface area contributed by atoms with Gasteiger partial charge in [0.25, 0.3) is 0 Å². The molecule has 1 rings (SSSR count). The van der Waals surface area contributed by atoms with Gasteiger partial charge in [-0.15, -0.1) is 0 Å². The fourth-order valence-electron chi connectivity index (χ4n) is 2.08. The second kappa shape index (κ2) is 14.4. The summed E-state index contributed by atoms with van der Waals surface area (Å²) in [6.45, 7) is 8.21. The van der Waals surface area contributed by atoms with Gasteiger partial charge in [0.1, 0.15) is 0 Å². The Balaban J connectivity index is 0.000000821. The molecule has 0 aliphatic heterocycles. The Labute approximate surface area is 170 Å². The molecule has 27 heavy (non-hydrogen) atoms. The first-order chi connectivity index (χ1) is 12.8. The molecule has 1 aromatic carbocycles. The van der Waals surface area contributed by atoms with Gasteiger partial charge in [0.2, 0.25) is 0 Å². The molecular weight excluding hydrogens is 380 g/mol. The van der Waals surface area contributed by atoms with E-state index in [4.69, 9.17) is 16.3 Å². The average Bonchev–Trinajstić information content (AvgIpc) is 2.64. The number of ether oxygens (including phenoxy) is 1. The summed E-state index contributed by atoms with van der Waals surface area (Å²) in [5, 5.41) is 0.752. The van der Waals surface area contributed by atoms with Gasteiger partial charge < -0.3 is 4.74 Å². The summed E-state index contributed by atoms with van der Waals surface area (Å²) in [6, 6.07) is 7.09. The average molecular weight is 411 g/mol. The number of rotatable bonds is 9. The van der Waals surface area contributed by atoms with E-state index in [2.05, 4.69) is 19.6 Å². The summed E-state index contributed by atoms with van der Waals surface area (Å²) < 4.78 is 27.6. The van der Waals surface area contributed by atoms with Crippen LogP contribution in [0.25, 0.3) is 5.57 Å². The number of benzene rings is 1. The lowest BCUT2D eigenvalue weighted by Gasteiger charge is -2.07. The van der Waals surface area contributed by atoms with Crippen LogP contribution in [-0.2, 0) is 14.6 Å². The van der Waals surface area contributed by atoms with Gasteiger partial charge in [-0.2, -0.15) is 0 Å². The number of allylic oxidation sites excluding steroid dienone is 6. The predicted molar refractivity (Wildman–Crippen MR) is 118 cm³/mol. The molecule has 0 aliphatic rings. The van der Waals surface area contributed by atoms with Crippen LogP contribution < -0.4 is 0 Å². The molecule has 0 aromatic heterocycles. The van der Waals surface area contributed by atoms with E-state index in [1.54, 1.807) is 25.3 Å². The summed E-state index contributed by atoms with van der Waals surface area (Å²) in [4.78, 5) is 0.359. The first-order valence-electron chi connectivity index (χ1n) is 8.88. The highest BCUT2D eigenvalue weighted by Gasteiger charge is 2.07. The first-order valence-corrected chi connectivity index (χ1v) is 11.1. The maximum Gasteiger partial charge on any atom is 0.175 e. The normalized spacial score (nSPS) is 12.6. The number of methoxy groups -OCH3 is 1. The van der Waals surface area contributed by atoms with Gasteiger partial charge in [0.15, 0.2) is 9.84 Å².